The quantitative estimate of drug-likeness (QED) is 0.821. The Morgan fingerprint density at radius 3 is 2.33 bits per heavy atom. The molecule has 1 heterocycles. The summed E-state index contributed by atoms with van der Waals surface area (Å²) in [5.41, 5.74) is 2.14. The number of hydrogen-bond donors (Lipinski definition) is 2. The van der Waals surface area contributed by atoms with E-state index in [0.29, 0.717) is 5.92 Å². The SMILES string of the molecule is CC(C)CC(CO)NC(c1ccccc1)c1ccccn1. The zero-order valence-electron chi connectivity index (χ0n) is 12.7. The van der Waals surface area contributed by atoms with Gasteiger partial charge in [-0.05, 0) is 30.0 Å². The molecule has 112 valence electrons. The summed E-state index contributed by atoms with van der Waals surface area (Å²) in [6.07, 6.45) is 2.75. The molecule has 2 atom stereocenters. The number of aliphatic hydroxyl groups excluding tert-OH is 1. The molecule has 0 saturated carbocycles. The summed E-state index contributed by atoms with van der Waals surface area (Å²) in [5, 5.41) is 13.2. The van der Waals surface area contributed by atoms with Crippen molar-refractivity contribution in [1.82, 2.24) is 10.3 Å². The van der Waals surface area contributed by atoms with Crippen LogP contribution in [0.15, 0.2) is 54.7 Å². The molecule has 0 aliphatic heterocycles. The Balaban J connectivity index is 2.24. The second-order valence-electron chi connectivity index (χ2n) is 5.77. The highest BCUT2D eigenvalue weighted by Crippen LogP contribution is 2.21. The first-order valence-corrected chi connectivity index (χ1v) is 7.53. The number of nitrogens with one attached hydrogen (secondary N) is 1. The highest BCUT2D eigenvalue weighted by Gasteiger charge is 2.19. The minimum atomic E-state index is 0.00306. The van der Waals surface area contributed by atoms with Crippen molar-refractivity contribution in [2.75, 3.05) is 6.61 Å². The van der Waals surface area contributed by atoms with E-state index < -0.39 is 0 Å². The number of aromatic nitrogens is 1. The fourth-order valence-electron chi connectivity index (χ4n) is 2.54. The molecule has 2 rings (SSSR count). The van der Waals surface area contributed by atoms with Crippen LogP contribution in [0.25, 0.3) is 0 Å². The fraction of sp³-hybridized carbons (Fsp3) is 0.389. The van der Waals surface area contributed by atoms with Gasteiger partial charge in [-0.1, -0.05) is 50.2 Å². The standard InChI is InChI=1S/C18H24N2O/c1-14(2)12-16(13-21)20-18(15-8-4-3-5-9-15)17-10-6-7-11-19-17/h3-11,14,16,18,20-21H,12-13H2,1-2H3. The monoisotopic (exact) mass is 284 g/mol. The second kappa shape index (κ2) is 7.91. The van der Waals surface area contributed by atoms with E-state index in [4.69, 9.17) is 0 Å². The summed E-state index contributed by atoms with van der Waals surface area (Å²) in [5.74, 6) is 0.537. The van der Waals surface area contributed by atoms with E-state index in [1.807, 2.05) is 42.6 Å². The Morgan fingerprint density at radius 1 is 1.05 bits per heavy atom. The van der Waals surface area contributed by atoms with Crippen LogP contribution in [-0.4, -0.2) is 22.7 Å². The van der Waals surface area contributed by atoms with Gasteiger partial charge in [0, 0.05) is 12.2 Å². The molecule has 2 N–H and O–H groups in total. The van der Waals surface area contributed by atoms with Crippen LogP contribution in [0.4, 0.5) is 0 Å². The van der Waals surface area contributed by atoms with E-state index in [2.05, 4.69) is 36.3 Å². The zero-order valence-corrected chi connectivity index (χ0v) is 12.7. The lowest BCUT2D eigenvalue weighted by Crippen LogP contribution is -2.37. The molecular weight excluding hydrogens is 260 g/mol. The van der Waals surface area contributed by atoms with Gasteiger partial charge in [-0.2, -0.15) is 0 Å². The number of rotatable bonds is 7. The smallest absolute Gasteiger partial charge is 0.0754 e. The molecule has 0 radical (unpaired) electrons. The minimum absolute atomic E-state index is 0.00306. The lowest BCUT2D eigenvalue weighted by atomic mass is 9.99. The fourth-order valence-corrected chi connectivity index (χ4v) is 2.54. The van der Waals surface area contributed by atoms with Crippen molar-refractivity contribution in [3.8, 4) is 0 Å². The topological polar surface area (TPSA) is 45.1 Å². The van der Waals surface area contributed by atoms with E-state index in [-0.39, 0.29) is 18.7 Å². The lowest BCUT2D eigenvalue weighted by molar-refractivity contribution is 0.217. The molecule has 0 fully saturated rings. The molecule has 21 heavy (non-hydrogen) atoms. The van der Waals surface area contributed by atoms with E-state index in [9.17, 15) is 5.11 Å². The van der Waals surface area contributed by atoms with Crippen molar-refractivity contribution in [1.29, 1.82) is 0 Å². The second-order valence-corrected chi connectivity index (χ2v) is 5.77. The average Bonchev–Trinajstić information content (AvgIpc) is 2.52. The molecule has 0 aliphatic carbocycles. The van der Waals surface area contributed by atoms with Gasteiger partial charge in [0.05, 0.1) is 18.3 Å². The van der Waals surface area contributed by atoms with E-state index in [1.54, 1.807) is 0 Å². The van der Waals surface area contributed by atoms with Gasteiger partial charge in [0.15, 0.2) is 0 Å². The summed E-state index contributed by atoms with van der Waals surface area (Å²) in [4.78, 5) is 4.48. The first-order valence-electron chi connectivity index (χ1n) is 7.53. The van der Waals surface area contributed by atoms with Crippen molar-refractivity contribution in [3.63, 3.8) is 0 Å². The Kier molecular flexibility index (Phi) is 5.90. The molecule has 1 aromatic heterocycles. The molecule has 0 aliphatic rings. The normalized spacial score (nSPS) is 14.1. The predicted molar refractivity (Wildman–Crippen MR) is 86.0 cm³/mol. The number of hydrogen-bond acceptors (Lipinski definition) is 3. The largest absolute Gasteiger partial charge is 0.395 e. The highest BCUT2D eigenvalue weighted by molar-refractivity contribution is 5.27. The van der Waals surface area contributed by atoms with E-state index >= 15 is 0 Å². The molecule has 3 heteroatoms. The molecule has 1 aromatic carbocycles. The molecule has 3 nitrogen and oxygen atoms in total. The van der Waals surface area contributed by atoms with Crippen molar-refractivity contribution >= 4 is 0 Å². The average molecular weight is 284 g/mol. The van der Waals surface area contributed by atoms with Gasteiger partial charge in [-0.15, -0.1) is 0 Å². The first-order chi connectivity index (χ1) is 10.2. The number of benzene rings is 1. The van der Waals surface area contributed by atoms with Crippen LogP contribution >= 0.6 is 0 Å². The van der Waals surface area contributed by atoms with Gasteiger partial charge in [-0.25, -0.2) is 0 Å². The third kappa shape index (κ3) is 4.66. The van der Waals surface area contributed by atoms with Crippen molar-refractivity contribution in [3.05, 3.63) is 66.0 Å². The summed E-state index contributed by atoms with van der Waals surface area (Å²) >= 11 is 0. The zero-order chi connectivity index (χ0) is 15.1. The molecule has 0 amide bonds. The van der Waals surface area contributed by atoms with E-state index in [1.165, 1.54) is 5.56 Å². The predicted octanol–water partition coefficient (Wildman–Crippen LogP) is 3.17. The minimum Gasteiger partial charge on any atom is -0.395 e. The van der Waals surface area contributed by atoms with Crippen LogP contribution in [0.2, 0.25) is 0 Å². The summed E-state index contributed by atoms with van der Waals surface area (Å²) in [6.45, 7) is 4.47. The molecule has 0 saturated heterocycles. The third-order valence-corrected chi connectivity index (χ3v) is 3.50. The van der Waals surface area contributed by atoms with Gasteiger partial charge in [0.2, 0.25) is 0 Å². The van der Waals surface area contributed by atoms with Gasteiger partial charge < -0.3 is 5.11 Å². The maximum absolute atomic E-state index is 9.63. The van der Waals surface area contributed by atoms with Crippen LogP contribution in [0, 0.1) is 5.92 Å². The van der Waals surface area contributed by atoms with Crippen LogP contribution in [0.1, 0.15) is 37.6 Å². The number of nitrogens with zero attached hydrogens (tertiary/aromatic N) is 1. The van der Waals surface area contributed by atoms with E-state index in [0.717, 1.165) is 12.1 Å². The molecule has 0 spiro atoms. The highest BCUT2D eigenvalue weighted by atomic mass is 16.3. The molecule has 2 aromatic rings. The Bertz CT molecular complexity index is 474. The first kappa shape index (κ1) is 15.7. The van der Waals surface area contributed by atoms with Crippen molar-refractivity contribution in [2.24, 2.45) is 5.92 Å². The summed E-state index contributed by atoms with van der Waals surface area (Å²) in [7, 11) is 0. The van der Waals surface area contributed by atoms with Crippen LogP contribution in [0.5, 0.6) is 0 Å². The van der Waals surface area contributed by atoms with Crippen LogP contribution in [0.3, 0.4) is 0 Å². The van der Waals surface area contributed by atoms with Gasteiger partial charge in [-0.3, -0.25) is 10.3 Å². The maximum Gasteiger partial charge on any atom is 0.0754 e. The Morgan fingerprint density at radius 2 is 1.76 bits per heavy atom. The molecule has 0 bridgehead atoms. The number of aliphatic hydroxyl groups is 1. The Labute approximate surface area is 127 Å². The van der Waals surface area contributed by atoms with Gasteiger partial charge in [0.1, 0.15) is 0 Å². The summed E-state index contributed by atoms with van der Waals surface area (Å²) in [6, 6.07) is 16.3. The lowest BCUT2D eigenvalue weighted by Gasteiger charge is -2.26. The van der Waals surface area contributed by atoms with Gasteiger partial charge >= 0.3 is 0 Å². The third-order valence-electron chi connectivity index (χ3n) is 3.50. The maximum atomic E-state index is 9.63. The van der Waals surface area contributed by atoms with Crippen LogP contribution < -0.4 is 5.32 Å². The Hall–Kier alpha value is -1.71. The summed E-state index contributed by atoms with van der Waals surface area (Å²) < 4.78 is 0. The number of pyridine rings is 1. The van der Waals surface area contributed by atoms with Crippen LogP contribution in [-0.2, 0) is 0 Å². The van der Waals surface area contributed by atoms with Gasteiger partial charge in [0.25, 0.3) is 0 Å². The molecular formula is C18H24N2O. The van der Waals surface area contributed by atoms with Crippen molar-refractivity contribution in [2.45, 2.75) is 32.4 Å². The van der Waals surface area contributed by atoms with Crippen molar-refractivity contribution < 1.29 is 5.11 Å². The molecule has 2 unspecified atom stereocenters.